The van der Waals surface area contributed by atoms with Crippen molar-refractivity contribution in [2.24, 2.45) is 0 Å². The average molecular weight is 353 g/mol. The van der Waals surface area contributed by atoms with E-state index in [1.807, 2.05) is 18.4 Å². The Kier molecular flexibility index (Phi) is 5.92. The molecule has 2 rings (SSSR count). The molecule has 1 heterocycles. The second-order valence-electron chi connectivity index (χ2n) is 5.17. The van der Waals surface area contributed by atoms with Gasteiger partial charge in [0.1, 0.15) is 6.10 Å². The van der Waals surface area contributed by atoms with Gasteiger partial charge in [-0.25, -0.2) is 8.42 Å². The lowest BCUT2D eigenvalue weighted by molar-refractivity contribution is -0.121. The Bertz CT molecular complexity index is 753. The van der Waals surface area contributed by atoms with Gasteiger partial charge in [-0.2, -0.15) is 0 Å². The Morgan fingerprint density at radius 1 is 1.26 bits per heavy atom. The number of rotatable bonds is 7. The molecule has 7 heteroatoms. The van der Waals surface area contributed by atoms with Crippen LogP contribution in [-0.2, 0) is 14.6 Å². The number of benzene rings is 1. The van der Waals surface area contributed by atoms with Crippen molar-refractivity contribution in [3.63, 3.8) is 0 Å². The van der Waals surface area contributed by atoms with Gasteiger partial charge >= 0.3 is 0 Å². The predicted octanol–water partition coefficient (Wildman–Crippen LogP) is 2.07. The third-order valence-electron chi connectivity index (χ3n) is 3.40. The number of aliphatic hydroxyl groups excluding tert-OH is 1. The van der Waals surface area contributed by atoms with E-state index in [1.165, 1.54) is 23.5 Å². The maximum atomic E-state index is 12.1. The molecule has 23 heavy (non-hydrogen) atoms. The highest BCUT2D eigenvalue weighted by atomic mass is 32.2. The maximum Gasteiger partial charge on any atom is 0.221 e. The highest BCUT2D eigenvalue weighted by Gasteiger charge is 2.17. The van der Waals surface area contributed by atoms with Gasteiger partial charge in [-0.15, -0.1) is 11.3 Å². The van der Waals surface area contributed by atoms with Crippen molar-refractivity contribution in [1.82, 2.24) is 5.32 Å². The third kappa shape index (κ3) is 4.89. The number of nitrogens with one attached hydrogen (secondary N) is 1. The average Bonchev–Trinajstić information content (AvgIpc) is 2.98. The van der Waals surface area contributed by atoms with Gasteiger partial charge in [-0.05, 0) is 36.1 Å². The number of carbonyl (C=O) groups excluding carboxylic acids is 1. The van der Waals surface area contributed by atoms with Crippen molar-refractivity contribution < 1.29 is 18.3 Å². The first-order valence-electron chi connectivity index (χ1n) is 7.17. The van der Waals surface area contributed by atoms with Gasteiger partial charge in [0, 0.05) is 17.8 Å². The van der Waals surface area contributed by atoms with Gasteiger partial charge in [0.15, 0.2) is 9.84 Å². The second-order valence-corrected chi connectivity index (χ2v) is 8.23. The molecule has 0 aliphatic carbocycles. The van der Waals surface area contributed by atoms with Crippen LogP contribution in [0.25, 0.3) is 0 Å². The van der Waals surface area contributed by atoms with Gasteiger partial charge in [-0.3, -0.25) is 4.79 Å². The molecule has 0 bridgehead atoms. The molecule has 0 radical (unpaired) electrons. The summed E-state index contributed by atoms with van der Waals surface area (Å²) in [5.41, 5.74) is 0.975. The van der Waals surface area contributed by atoms with Crippen molar-refractivity contribution in [1.29, 1.82) is 0 Å². The summed E-state index contributed by atoms with van der Waals surface area (Å²) < 4.78 is 24.2. The van der Waals surface area contributed by atoms with Crippen LogP contribution < -0.4 is 5.32 Å². The van der Waals surface area contributed by atoms with Crippen LogP contribution in [0.3, 0.4) is 0 Å². The van der Waals surface area contributed by atoms with Gasteiger partial charge in [0.25, 0.3) is 0 Å². The van der Waals surface area contributed by atoms with Crippen LogP contribution in [-0.4, -0.2) is 31.7 Å². The van der Waals surface area contributed by atoms with Crippen molar-refractivity contribution in [3.05, 3.63) is 52.2 Å². The molecule has 5 nitrogen and oxygen atoms in total. The van der Waals surface area contributed by atoms with Crippen LogP contribution in [0.15, 0.2) is 46.7 Å². The molecule has 0 saturated carbocycles. The fraction of sp³-hybridized carbons (Fsp3) is 0.312. The minimum Gasteiger partial charge on any atom is -0.386 e. The first-order chi connectivity index (χ1) is 10.9. The van der Waals surface area contributed by atoms with Gasteiger partial charge < -0.3 is 10.4 Å². The van der Waals surface area contributed by atoms with Crippen LogP contribution in [0.1, 0.15) is 23.0 Å². The monoisotopic (exact) mass is 353 g/mol. The van der Waals surface area contributed by atoms with E-state index >= 15 is 0 Å². The Morgan fingerprint density at radius 2 is 1.96 bits per heavy atom. The summed E-state index contributed by atoms with van der Waals surface area (Å²) in [5, 5.41) is 14.5. The number of aliphatic hydroxyl groups is 1. The fourth-order valence-corrected chi connectivity index (χ4v) is 4.26. The molecular weight excluding hydrogens is 334 g/mol. The highest BCUT2D eigenvalue weighted by Crippen LogP contribution is 2.23. The lowest BCUT2D eigenvalue weighted by atomic mass is 10.2. The van der Waals surface area contributed by atoms with E-state index in [0.29, 0.717) is 0 Å². The number of hydrogen-bond donors (Lipinski definition) is 2. The number of carbonyl (C=O) groups is 1. The van der Waals surface area contributed by atoms with E-state index in [0.717, 1.165) is 10.4 Å². The largest absolute Gasteiger partial charge is 0.386 e. The van der Waals surface area contributed by atoms with Crippen molar-refractivity contribution >= 4 is 27.1 Å². The summed E-state index contributed by atoms with van der Waals surface area (Å²) in [4.78, 5) is 12.8. The summed E-state index contributed by atoms with van der Waals surface area (Å²) in [6.07, 6.45) is -0.905. The molecule has 0 aliphatic heterocycles. The highest BCUT2D eigenvalue weighted by molar-refractivity contribution is 7.91. The van der Waals surface area contributed by atoms with E-state index < -0.39 is 21.8 Å². The van der Waals surface area contributed by atoms with Crippen molar-refractivity contribution in [2.45, 2.75) is 24.3 Å². The van der Waals surface area contributed by atoms with Crippen molar-refractivity contribution in [3.8, 4) is 0 Å². The smallest absolute Gasteiger partial charge is 0.221 e. The van der Waals surface area contributed by atoms with Crippen LogP contribution in [0.2, 0.25) is 0 Å². The summed E-state index contributed by atoms with van der Waals surface area (Å²) in [7, 11) is -3.47. The molecule has 0 saturated heterocycles. The molecule has 0 fully saturated rings. The molecule has 1 aromatic heterocycles. The zero-order chi connectivity index (χ0) is 16.9. The number of sulfone groups is 1. The lowest BCUT2D eigenvalue weighted by Gasteiger charge is -2.11. The molecule has 124 valence electrons. The van der Waals surface area contributed by atoms with E-state index in [2.05, 4.69) is 5.32 Å². The van der Waals surface area contributed by atoms with Gasteiger partial charge in [0.2, 0.25) is 5.91 Å². The molecular formula is C16H19NO4S2. The molecule has 0 spiro atoms. The molecule has 0 unspecified atom stereocenters. The third-order valence-corrected chi connectivity index (χ3v) is 6.25. The standard InChI is InChI=1S/C16H19NO4S2/c1-12-7-9-22-16(12)14(18)11-17-15(19)8-10-23(20,21)13-5-3-2-4-6-13/h2-7,9,14,18H,8,10-11H2,1H3,(H,17,19)/t14-/m0/s1. The van der Waals surface area contributed by atoms with Crippen LogP contribution in [0, 0.1) is 6.92 Å². The molecule has 1 atom stereocenters. The Morgan fingerprint density at radius 3 is 2.57 bits per heavy atom. The van der Waals surface area contributed by atoms with E-state index in [1.54, 1.807) is 18.2 Å². The number of thiophene rings is 1. The first kappa shape index (κ1) is 17.7. The molecule has 2 aromatic rings. The van der Waals surface area contributed by atoms with E-state index in [-0.39, 0.29) is 23.6 Å². The van der Waals surface area contributed by atoms with Crippen LogP contribution in [0.5, 0.6) is 0 Å². The zero-order valence-electron chi connectivity index (χ0n) is 12.7. The summed E-state index contributed by atoms with van der Waals surface area (Å²) >= 11 is 1.43. The molecule has 0 aliphatic rings. The normalized spacial score (nSPS) is 12.8. The van der Waals surface area contributed by atoms with Crippen LogP contribution in [0.4, 0.5) is 0 Å². The Labute approximate surface area is 139 Å². The van der Waals surface area contributed by atoms with E-state index in [4.69, 9.17) is 0 Å². The van der Waals surface area contributed by atoms with Gasteiger partial charge in [0.05, 0.1) is 10.6 Å². The minimum atomic E-state index is -3.47. The maximum absolute atomic E-state index is 12.1. The van der Waals surface area contributed by atoms with E-state index in [9.17, 15) is 18.3 Å². The first-order valence-corrected chi connectivity index (χ1v) is 9.70. The summed E-state index contributed by atoms with van der Waals surface area (Å²) in [6, 6.07) is 9.95. The second kappa shape index (κ2) is 7.72. The Balaban J connectivity index is 1.83. The number of amides is 1. The van der Waals surface area contributed by atoms with Crippen LogP contribution >= 0.6 is 11.3 Å². The molecule has 1 aromatic carbocycles. The van der Waals surface area contributed by atoms with Gasteiger partial charge in [-0.1, -0.05) is 18.2 Å². The predicted molar refractivity (Wildman–Crippen MR) is 90.1 cm³/mol. The topological polar surface area (TPSA) is 83.5 Å². The minimum absolute atomic E-state index is 0.0750. The quantitative estimate of drug-likeness (QED) is 0.798. The molecule has 1 amide bonds. The zero-order valence-corrected chi connectivity index (χ0v) is 14.4. The summed E-state index contributed by atoms with van der Waals surface area (Å²) in [6.45, 7) is 1.97. The number of aryl methyl sites for hydroxylation is 1. The SMILES string of the molecule is Cc1ccsc1[C@@H](O)CNC(=O)CCS(=O)(=O)c1ccccc1. The number of hydrogen-bond acceptors (Lipinski definition) is 5. The summed E-state index contributed by atoms with van der Waals surface area (Å²) in [5.74, 6) is -0.644. The fourth-order valence-electron chi connectivity index (χ4n) is 2.09. The lowest BCUT2D eigenvalue weighted by Crippen LogP contribution is -2.29. The molecule has 2 N–H and O–H groups in total. The Hall–Kier alpha value is -1.70. The van der Waals surface area contributed by atoms with Crippen molar-refractivity contribution in [2.75, 3.05) is 12.3 Å².